The van der Waals surface area contributed by atoms with Crippen LogP contribution in [-0.4, -0.2) is 11.9 Å². The minimum Gasteiger partial charge on any atom is -0.374 e. The van der Waals surface area contributed by atoms with Crippen LogP contribution in [-0.2, 0) is 4.79 Å². The molecule has 1 atom stereocenters. The summed E-state index contributed by atoms with van der Waals surface area (Å²) in [6, 6.07) is 9.59. The van der Waals surface area contributed by atoms with Crippen molar-refractivity contribution in [2.75, 3.05) is 10.6 Å². The van der Waals surface area contributed by atoms with E-state index in [-0.39, 0.29) is 11.6 Å². The summed E-state index contributed by atoms with van der Waals surface area (Å²) < 4.78 is 39.0. The molecule has 0 heterocycles. The molecular weight excluding hydrogens is 281 g/mol. The molecule has 2 rings (SSSR count). The van der Waals surface area contributed by atoms with Crippen LogP contribution in [0, 0.1) is 17.5 Å². The average Bonchev–Trinajstić information content (AvgIpc) is 2.45. The molecule has 3 nitrogen and oxygen atoms in total. The number of amides is 1. The molecule has 0 saturated heterocycles. The number of hydrogen-bond donors (Lipinski definition) is 2. The van der Waals surface area contributed by atoms with Crippen LogP contribution >= 0.6 is 0 Å². The fraction of sp³-hybridized carbons (Fsp3) is 0.133. The fourth-order valence-electron chi connectivity index (χ4n) is 1.73. The van der Waals surface area contributed by atoms with Gasteiger partial charge in [-0.1, -0.05) is 18.2 Å². The molecule has 0 aliphatic rings. The van der Waals surface area contributed by atoms with Gasteiger partial charge in [0.15, 0.2) is 17.5 Å². The van der Waals surface area contributed by atoms with E-state index in [0.717, 1.165) is 12.1 Å². The van der Waals surface area contributed by atoms with Crippen LogP contribution in [0.25, 0.3) is 0 Å². The van der Waals surface area contributed by atoms with Crippen molar-refractivity contribution in [1.82, 2.24) is 0 Å². The molecule has 0 spiro atoms. The number of rotatable bonds is 4. The van der Waals surface area contributed by atoms with E-state index in [1.54, 1.807) is 30.3 Å². The Hall–Kier alpha value is -2.50. The van der Waals surface area contributed by atoms with Crippen molar-refractivity contribution in [3.8, 4) is 0 Å². The highest BCUT2D eigenvalue weighted by molar-refractivity contribution is 5.96. The van der Waals surface area contributed by atoms with Gasteiger partial charge in [-0.15, -0.1) is 0 Å². The van der Waals surface area contributed by atoms with Crippen molar-refractivity contribution < 1.29 is 18.0 Å². The van der Waals surface area contributed by atoms with E-state index in [4.69, 9.17) is 0 Å². The normalized spacial score (nSPS) is 11.8. The molecule has 21 heavy (non-hydrogen) atoms. The third-order valence-corrected chi connectivity index (χ3v) is 2.80. The maximum atomic E-state index is 13.1. The lowest BCUT2D eigenvalue weighted by Gasteiger charge is -2.15. The largest absolute Gasteiger partial charge is 0.374 e. The Morgan fingerprint density at radius 3 is 2.14 bits per heavy atom. The SMILES string of the molecule is CC(Nc1cc(F)c(F)c(F)c1)C(=O)Nc1ccccc1. The summed E-state index contributed by atoms with van der Waals surface area (Å²) in [6.07, 6.45) is 0. The standard InChI is InChI=1S/C15H13F3N2O/c1-9(15(21)20-10-5-3-2-4-6-10)19-11-7-12(16)14(18)13(17)8-11/h2-9,19H,1H3,(H,20,21). The van der Waals surface area contributed by atoms with Gasteiger partial charge < -0.3 is 10.6 Å². The monoisotopic (exact) mass is 294 g/mol. The molecule has 1 unspecified atom stereocenters. The van der Waals surface area contributed by atoms with Gasteiger partial charge in [-0.05, 0) is 19.1 Å². The van der Waals surface area contributed by atoms with Crippen LogP contribution in [0.2, 0.25) is 0 Å². The molecule has 0 aliphatic carbocycles. The zero-order chi connectivity index (χ0) is 15.4. The molecule has 0 aliphatic heterocycles. The van der Waals surface area contributed by atoms with Crippen LogP contribution < -0.4 is 10.6 Å². The van der Waals surface area contributed by atoms with Crippen molar-refractivity contribution in [2.24, 2.45) is 0 Å². The molecular formula is C15H13F3N2O. The van der Waals surface area contributed by atoms with Crippen LogP contribution in [0.5, 0.6) is 0 Å². The maximum absolute atomic E-state index is 13.1. The van der Waals surface area contributed by atoms with Gasteiger partial charge in [0.25, 0.3) is 0 Å². The van der Waals surface area contributed by atoms with E-state index in [9.17, 15) is 18.0 Å². The molecule has 0 aromatic heterocycles. The average molecular weight is 294 g/mol. The Labute approximate surface area is 119 Å². The minimum absolute atomic E-state index is 0.0119. The van der Waals surface area contributed by atoms with E-state index in [1.807, 2.05) is 0 Å². The second-order valence-electron chi connectivity index (χ2n) is 4.48. The summed E-state index contributed by atoms with van der Waals surface area (Å²) in [5.41, 5.74) is 0.592. The highest BCUT2D eigenvalue weighted by Gasteiger charge is 2.16. The van der Waals surface area contributed by atoms with Gasteiger partial charge in [-0.25, -0.2) is 13.2 Å². The van der Waals surface area contributed by atoms with E-state index in [2.05, 4.69) is 10.6 Å². The summed E-state index contributed by atoms with van der Waals surface area (Å²) in [5, 5.41) is 5.25. The molecule has 0 bridgehead atoms. The number of para-hydroxylation sites is 1. The van der Waals surface area contributed by atoms with Crippen molar-refractivity contribution >= 4 is 17.3 Å². The van der Waals surface area contributed by atoms with Crippen LogP contribution in [0.4, 0.5) is 24.5 Å². The van der Waals surface area contributed by atoms with Crippen molar-refractivity contribution in [2.45, 2.75) is 13.0 Å². The third-order valence-electron chi connectivity index (χ3n) is 2.80. The quantitative estimate of drug-likeness (QED) is 0.847. The number of carbonyl (C=O) groups is 1. The lowest BCUT2D eigenvalue weighted by Crippen LogP contribution is -2.31. The summed E-state index contributed by atoms with van der Waals surface area (Å²) >= 11 is 0. The van der Waals surface area contributed by atoms with Gasteiger partial charge in [-0.3, -0.25) is 4.79 Å². The highest BCUT2D eigenvalue weighted by atomic mass is 19.2. The van der Waals surface area contributed by atoms with Crippen molar-refractivity contribution in [1.29, 1.82) is 0 Å². The number of anilines is 2. The van der Waals surface area contributed by atoms with Crippen LogP contribution in [0.3, 0.4) is 0 Å². The van der Waals surface area contributed by atoms with Gasteiger partial charge in [0.05, 0.1) is 0 Å². The summed E-state index contributed by atoms with van der Waals surface area (Å²) in [7, 11) is 0. The van der Waals surface area contributed by atoms with Crippen LogP contribution in [0.1, 0.15) is 6.92 Å². The predicted molar refractivity (Wildman–Crippen MR) is 74.5 cm³/mol. The molecule has 110 valence electrons. The van der Waals surface area contributed by atoms with E-state index >= 15 is 0 Å². The van der Waals surface area contributed by atoms with Crippen LogP contribution in [0.15, 0.2) is 42.5 Å². The molecule has 0 saturated carbocycles. The van der Waals surface area contributed by atoms with E-state index in [1.165, 1.54) is 6.92 Å². The first-order valence-electron chi connectivity index (χ1n) is 6.24. The predicted octanol–water partition coefficient (Wildman–Crippen LogP) is 3.54. The third kappa shape index (κ3) is 3.75. The summed E-state index contributed by atoms with van der Waals surface area (Å²) in [4.78, 5) is 11.9. The number of nitrogens with one attached hydrogen (secondary N) is 2. The topological polar surface area (TPSA) is 41.1 Å². The Kier molecular flexibility index (Phi) is 4.47. The van der Waals surface area contributed by atoms with Crippen molar-refractivity contribution in [3.05, 3.63) is 59.9 Å². The Bertz CT molecular complexity index is 624. The lowest BCUT2D eigenvalue weighted by atomic mass is 10.2. The lowest BCUT2D eigenvalue weighted by molar-refractivity contribution is -0.116. The highest BCUT2D eigenvalue weighted by Crippen LogP contribution is 2.18. The zero-order valence-electron chi connectivity index (χ0n) is 11.2. The number of hydrogen-bond acceptors (Lipinski definition) is 2. The minimum atomic E-state index is -1.54. The fourth-order valence-corrected chi connectivity index (χ4v) is 1.73. The second-order valence-corrected chi connectivity index (χ2v) is 4.48. The smallest absolute Gasteiger partial charge is 0.246 e. The molecule has 2 aromatic rings. The van der Waals surface area contributed by atoms with Gasteiger partial charge in [-0.2, -0.15) is 0 Å². The first-order chi connectivity index (χ1) is 9.97. The first-order valence-corrected chi connectivity index (χ1v) is 6.24. The second kappa shape index (κ2) is 6.30. The number of benzene rings is 2. The Morgan fingerprint density at radius 1 is 1.00 bits per heavy atom. The van der Waals surface area contributed by atoms with Crippen molar-refractivity contribution in [3.63, 3.8) is 0 Å². The molecule has 2 aromatic carbocycles. The molecule has 6 heteroatoms. The van der Waals surface area contributed by atoms with E-state index < -0.39 is 23.5 Å². The number of halogens is 3. The molecule has 0 radical (unpaired) electrons. The molecule has 1 amide bonds. The van der Waals surface area contributed by atoms with Gasteiger partial charge in [0, 0.05) is 23.5 Å². The van der Waals surface area contributed by atoms with Gasteiger partial charge in [0.2, 0.25) is 5.91 Å². The molecule has 0 fully saturated rings. The number of carbonyl (C=O) groups excluding carboxylic acids is 1. The zero-order valence-corrected chi connectivity index (χ0v) is 11.2. The Balaban J connectivity index is 2.04. The Morgan fingerprint density at radius 2 is 1.57 bits per heavy atom. The van der Waals surface area contributed by atoms with E-state index in [0.29, 0.717) is 5.69 Å². The summed E-state index contributed by atoms with van der Waals surface area (Å²) in [5.74, 6) is -4.55. The first kappa shape index (κ1) is 14.9. The van der Waals surface area contributed by atoms with Gasteiger partial charge in [0.1, 0.15) is 6.04 Å². The molecule has 2 N–H and O–H groups in total. The summed E-state index contributed by atoms with van der Waals surface area (Å²) in [6.45, 7) is 1.53. The van der Waals surface area contributed by atoms with Gasteiger partial charge >= 0.3 is 0 Å². The maximum Gasteiger partial charge on any atom is 0.246 e.